The number of aliphatic hydroxyl groups is 1. The van der Waals surface area contributed by atoms with Crippen molar-refractivity contribution in [3.8, 4) is 11.5 Å². The van der Waals surface area contributed by atoms with E-state index in [9.17, 15) is 5.11 Å². The van der Waals surface area contributed by atoms with E-state index in [1.54, 1.807) is 28.1 Å². The summed E-state index contributed by atoms with van der Waals surface area (Å²) in [7, 11) is 3.41. The maximum absolute atomic E-state index is 10.4. The van der Waals surface area contributed by atoms with Crippen LogP contribution in [0.2, 0.25) is 0 Å². The van der Waals surface area contributed by atoms with Crippen molar-refractivity contribution in [2.24, 2.45) is 0 Å². The zero-order valence-corrected chi connectivity index (χ0v) is 12.1. The second-order valence-electron chi connectivity index (χ2n) is 6.25. The highest BCUT2D eigenvalue weighted by Gasteiger charge is 2.43. The average Bonchev–Trinajstić information content (AvgIpc) is 2.97. The number of fused-ring (bicyclic) bond motifs is 5. The van der Waals surface area contributed by atoms with Crippen molar-refractivity contribution < 1.29 is 14.6 Å². The Balaban J connectivity index is 2.28. The fourth-order valence-corrected chi connectivity index (χ4v) is 3.85. The van der Waals surface area contributed by atoms with Crippen LogP contribution in [0.4, 0.5) is 0 Å². The predicted octanol–water partition coefficient (Wildman–Crippen LogP) is 3.30. The molecule has 2 aliphatic rings. The Kier molecular flexibility index (Phi) is 2.79. The highest BCUT2D eigenvalue weighted by molar-refractivity contribution is 5.61. The fourth-order valence-electron chi connectivity index (χ4n) is 3.85. The van der Waals surface area contributed by atoms with Crippen LogP contribution in [0.5, 0.6) is 11.5 Å². The molecule has 104 valence electrons. The van der Waals surface area contributed by atoms with Gasteiger partial charge in [-0.2, -0.15) is 0 Å². The molecule has 1 aromatic carbocycles. The van der Waals surface area contributed by atoms with Gasteiger partial charge in [0.05, 0.1) is 19.8 Å². The summed E-state index contributed by atoms with van der Waals surface area (Å²) in [6, 6.07) is 1.96. The van der Waals surface area contributed by atoms with E-state index >= 15 is 0 Å². The van der Waals surface area contributed by atoms with E-state index in [0.717, 1.165) is 17.1 Å². The summed E-state index contributed by atoms with van der Waals surface area (Å²) in [5.74, 6) is 2.97. The van der Waals surface area contributed by atoms with Gasteiger partial charge in [-0.25, -0.2) is 0 Å². The van der Waals surface area contributed by atoms with Gasteiger partial charge in [0.15, 0.2) is 0 Å². The Hall–Kier alpha value is -1.22. The minimum absolute atomic E-state index is 0.575. The zero-order chi connectivity index (χ0) is 13.8. The Morgan fingerprint density at radius 1 is 1.11 bits per heavy atom. The third-order valence-corrected chi connectivity index (χ3v) is 4.65. The summed E-state index contributed by atoms with van der Waals surface area (Å²) in [6.07, 6.45) is 3.68. The number of benzene rings is 1. The van der Waals surface area contributed by atoms with Crippen LogP contribution in [0.25, 0.3) is 0 Å². The third-order valence-electron chi connectivity index (χ3n) is 4.65. The first-order valence-electron chi connectivity index (χ1n) is 6.99. The molecule has 1 aromatic rings. The highest BCUT2D eigenvalue weighted by atomic mass is 16.5. The first-order valence-corrected chi connectivity index (χ1v) is 6.99. The lowest BCUT2D eigenvalue weighted by Gasteiger charge is -2.28. The van der Waals surface area contributed by atoms with Crippen LogP contribution in [0.3, 0.4) is 0 Å². The molecular formula is C16H22O3. The first kappa shape index (κ1) is 12.8. The molecule has 2 unspecified atom stereocenters. The van der Waals surface area contributed by atoms with Crippen LogP contribution in [0, 0.1) is 0 Å². The minimum Gasteiger partial charge on any atom is -0.496 e. The first-order chi connectivity index (χ1) is 8.97. The minimum atomic E-state index is -0.921. The molecule has 3 nitrogen and oxygen atoms in total. The standard InChI is InChI=1S/C16H22O3/c1-16(2,17)11-8-12(18-3)13-9-5-6-10(7-9)14(13)15(11)19-4/h8-10,17H,5-7H2,1-4H3. The molecule has 0 radical (unpaired) electrons. The van der Waals surface area contributed by atoms with Crippen molar-refractivity contribution in [2.75, 3.05) is 14.2 Å². The second-order valence-corrected chi connectivity index (χ2v) is 6.25. The van der Waals surface area contributed by atoms with Gasteiger partial charge in [0, 0.05) is 16.7 Å². The van der Waals surface area contributed by atoms with Crippen molar-refractivity contribution in [1.29, 1.82) is 0 Å². The Labute approximate surface area is 114 Å². The molecular weight excluding hydrogens is 240 g/mol. The second kappa shape index (κ2) is 4.14. The lowest BCUT2D eigenvalue weighted by Crippen LogP contribution is -2.19. The van der Waals surface area contributed by atoms with Crippen LogP contribution < -0.4 is 9.47 Å². The number of methoxy groups -OCH3 is 2. The summed E-state index contributed by atoms with van der Waals surface area (Å²) >= 11 is 0. The van der Waals surface area contributed by atoms with Crippen LogP contribution >= 0.6 is 0 Å². The number of ether oxygens (including phenoxy) is 2. The zero-order valence-electron chi connectivity index (χ0n) is 12.1. The SMILES string of the molecule is COc1cc(C(C)(C)O)c(OC)c2c1C1CCC2C1. The average molecular weight is 262 g/mol. The van der Waals surface area contributed by atoms with Gasteiger partial charge < -0.3 is 14.6 Å². The molecule has 1 N–H and O–H groups in total. The monoisotopic (exact) mass is 262 g/mol. The third kappa shape index (κ3) is 1.75. The van der Waals surface area contributed by atoms with E-state index < -0.39 is 5.60 Å². The molecule has 19 heavy (non-hydrogen) atoms. The summed E-state index contributed by atoms with van der Waals surface area (Å²) in [5, 5.41) is 10.4. The molecule has 0 saturated heterocycles. The van der Waals surface area contributed by atoms with Gasteiger partial charge in [-0.15, -0.1) is 0 Å². The lowest BCUT2D eigenvalue weighted by molar-refractivity contribution is 0.0751. The summed E-state index contributed by atoms with van der Waals surface area (Å²) in [4.78, 5) is 0. The highest BCUT2D eigenvalue weighted by Crippen LogP contribution is 2.60. The van der Waals surface area contributed by atoms with Gasteiger partial charge in [0.25, 0.3) is 0 Å². The van der Waals surface area contributed by atoms with Gasteiger partial charge in [0.2, 0.25) is 0 Å². The summed E-state index contributed by atoms with van der Waals surface area (Å²) in [6.45, 7) is 3.59. The fraction of sp³-hybridized carbons (Fsp3) is 0.625. The molecule has 3 rings (SSSR count). The molecule has 2 aliphatic carbocycles. The Morgan fingerprint density at radius 2 is 1.74 bits per heavy atom. The maximum atomic E-state index is 10.4. The van der Waals surface area contributed by atoms with Crippen molar-refractivity contribution in [1.82, 2.24) is 0 Å². The van der Waals surface area contributed by atoms with Gasteiger partial charge in [-0.1, -0.05) is 0 Å². The molecule has 0 amide bonds. The summed E-state index contributed by atoms with van der Waals surface area (Å²) in [5.41, 5.74) is 2.52. The van der Waals surface area contributed by atoms with Gasteiger partial charge in [0.1, 0.15) is 11.5 Å². The van der Waals surface area contributed by atoms with Crippen molar-refractivity contribution in [3.63, 3.8) is 0 Å². The van der Waals surface area contributed by atoms with Crippen LogP contribution in [0.1, 0.15) is 61.6 Å². The van der Waals surface area contributed by atoms with Gasteiger partial charge >= 0.3 is 0 Å². The van der Waals surface area contributed by atoms with E-state index in [2.05, 4.69) is 0 Å². The van der Waals surface area contributed by atoms with Crippen LogP contribution in [-0.4, -0.2) is 19.3 Å². The van der Waals surface area contributed by atoms with E-state index in [-0.39, 0.29) is 0 Å². The van der Waals surface area contributed by atoms with E-state index in [1.807, 2.05) is 6.07 Å². The quantitative estimate of drug-likeness (QED) is 0.908. The molecule has 0 aliphatic heterocycles. The molecule has 2 atom stereocenters. The molecule has 3 heteroatoms. The number of hydrogen-bond donors (Lipinski definition) is 1. The van der Waals surface area contributed by atoms with Crippen LogP contribution in [0.15, 0.2) is 6.07 Å². The topological polar surface area (TPSA) is 38.7 Å². The van der Waals surface area contributed by atoms with E-state index in [4.69, 9.17) is 9.47 Å². The predicted molar refractivity (Wildman–Crippen MR) is 74.1 cm³/mol. The van der Waals surface area contributed by atoms with Crippen molar-refractivity contribution in [2.45, 2.75) is 50.5 Å². The number of rotatable bonds is 3. The number of hydrogen-bond acceptors (Lipinski definition) is 3. The molecule has 0 heterocycles. The normalized spacial score (nSPS) is 24.5. The summed E-state index contributed by atoms with van der Waals surface area (Å²) < 4.78 is 11.2. The van der Waals surface area contributed by atoms with Crippen molar-refractivity contribution in [3.05, 3.63) is 22.8 Å². The van der Waals surface area contributed by atoms with Crippen LogP contribution in [-0.2, 0) is 5.60 Å². The molecule has 0 aromatic heterocycles. The van der Waals surface area contributed by atoms with Gasteiger partial charge in [-0.3, -0.25) is 0 Å². The maximum Gasteiger partial charge on any atom is 0.128 e. The lowest BCUT2D eigenvalue weighted by atomic mass is 9.85. The van der Waals surface area contributed by atoms with Crippen molar-refractivity contribution >= 4 is 0 Å². The Bertz CT molecular complexity index is 514. The molecule has 2 bridgehead atoms. The largest absolute Gasteiger partial charge is 0.496 e. The van der Waals surface area contributed by atoms with E-state index in [0.29, 0.717) is 11.8 Å². The molecule has 1 saturated carbocycles. The van der Waals surface area contributed by atoms with E-state index in [1.165, 1.54) is 30.4 Å². The molecule has 0 spiro atoms. The Morgan fingerprint density at radius 3 is 2.26 bits per heavy atom. The van der Waals surface area contributed by atoms with Gasteiger partial charge in [-0.05, 0) is 51.0 Å². The smallest absolute Gasteiger partial charge is 0.128 e. The molecule has 1 fully saturated rings.